The molecule has 0 bridgehead atoms. The highest BCUT2D eigenvalue weighted by Gasteiger charge is 2.33. The van der Waals surface area contributed by atoms with Gasteiger partial charge in [-0.2, -0.15) is 5.10 Å². The van der Waals surface area contributed by atoms with Crippen LogP contribution in [0.15, 0.2) is 96.0 Å². The number of carbonyl (C=O) groups is 1. The summed E-state index contributed by atoms with van der Waals surface area (Å²) in [6.07, 6.45) is 1.24. The second-order valence-corrected chi connectivity index (χ2v) is 10.5. The Morgan fingerprint density at radius 2 is 1.64 bits per heavy atom. The quantitative estimate of drug-likeness (QED) is 0.221. The van der Waals surface area contributed by atoms with E-state index in [1.54, 1.807) is 53.5 Å². The minimum absolute atomic E-state index is 0.00680. The summed E-state index contributed by atoms with van der Waals surface area (Å²) in [5, 5.41) is 14.5. The third kappa shape index (κ3) is 4.80. The number of nitrogens with one attached hydrogen (secondary N) is 1. The van der Waals surface area contributed by atoms with Crippen LogP contribution in [-0.4, -0.2) is 41.4 Å². The van der Waals surface area contributed by atoms with E-state index in [0.29, 0.717) is 33.7 Å². The maximum absolute atomic E-state index is 14.3. The number of anilines is 1. The molecular weight excluding hydrogens is 518 g/mol. The average Bonchev–Trinajstić information content (AvgIpc) is 3.32. The van der Waals surface area contributed by atoms with Crippen LogP contribution in [0.2, 0.25) is 0 Å². The molecule has 0 unspecified atom stereocenters. The Bertz CT molecular complexity index is 1740. The summed E-state index contributed by atoms with van der Waals surface area (Å²) in [5.74, 6) is -0.413. The molecule has 0 fully saturated rings. The van der Waals surface area contributed by atoms with Crippen molar-refractivity contribution in [2.24, 2.45) is 0 Å². The second-order valence-electron chi connectivity index (χ2n) is 8.67. The minimum atomic E-state index is -4.25. The van der Waals surface area contributed by atoms with Crippen molar-refractivity contribution >= 4 is 32.7 Å². The molecule has 0 radical (unpaired) electrons. The van der Waals surface area contributed by atoms with Crippen molar-refractivity contribution in [1.29, 1.82) is 0 Å². The first-order chi connectivity index (χ1) is 18.8. The lowest BCUT2D eigenvalue weighted by atomic mass is 10.1. The van der Waals surface area contributed by atoms with Crippen molar-refractivity contribution in [2.45, 2.75) is 18.4 Å². The molecule has 11 heteroatoms. The molecule has 198 valence electrons. The molecule has 1 amide bonds. The first-order valence-corrected chi connectivity index (χ1v) is 13.4. The molecule has 0 aliphatic rings. The van der Waals surface area contributed by atoms with Crippen LogP contribution in [0.1, 0.15) is 21.6 Å². The highest BCUT2D eigenvalue weighted by Crippen LogP contribution is 2.37. The summed E-state index contributed by atoms with van der Waals surface area (Å²) in [7, 11) is -2.76. The van der Waals surface area contributed by atoms with Gasteiger partial charge in [0.2, 0.25) is 0 Å². The number of carbonyl (C=O) groups excluding carboxylic acids is 1. The van der Waals surface area contributed by atoms with Crippen molar-refractivity contribution in [3.63, 3.8) is 0 Å². The normalized spacial score (nSPS) is 11.4. The number of hydrogen-bond donors (Lipinski definition) is 2. The summed E-state index contributed by atoms with van der Waals surface area (Å²) in [6.45, 7) is 1.62. The van der Waals surface area contributed by atoms with Gasteiger partial charge in [-0.15, -0.1) is 0 Å². The molecule has 2 heterocycles. The lowest BCUT2D eigenvalue weighted by Gasteiger charge is -2.27. The molecular formula is C28H25N5O5S. The van der Waals surface area contributed by atoms with Gasteiger partial charge >= 0.3 is 0 Å². The van der Waals surface area contributed by atoms with E-state index in [2.05, 4.69) is 10.1 Å². The molecule has 39 heavy (non-hydrogen) atoms. The topological polar surface area (TPSA) is 127 Å². The summed E-state index contributed by atoms with van der Waals surface area (Å²) in [4.78, 5) is 17.4. The Kier molecular flexibility index (Phi) is 7.01. The maximum atomic E-state index is 14.3. The molecule has 0 saturated heterocycles. The predicted octanol–water partition coefficient (Wildman–Crippen LogP) is 4.25. The van der Waals surface area contributed by atoms with Gasteiger partial charge in [-0.3, -0.25) is 14.3 Å². The summed E-state index contributed by atoms with van der Waals surface area (Å²) in [6, 6.07) is 24.3. The van der Waals surface area contributed by atoms with E-state index in [-0.39, 0.29) is 22.7 Å². The van der Waals surface area contributed by atoms with Gasteiger partial charge in [-0.25, -0.2) is 23.6 Å². The SMILES string of the molecule is COc1ccc(S(=O)(=O)N(Cc2ccccc2)c2c(C(=O)NO)cnc3c2c(C)nn3-c2ccccc2)cc1. The zero-order valence-electron chi connectivity index (χ0n) is 21.1. The van der Waals surface area contributed by atoms with Crippen molar-refractivity contribution in [2.75, 3.05) is 11.4 Å². The molecule has 10 nitrogen and oxygen atoms in total. The van der Waals surface area contributed by atoms with Crippen LogP contribution in [-0.2, 0) is 16.6 Å². The van der Waals surface area contributed by atoms with E-state index >= 15 is 0 Å². The van der Waals surface area contributed by atoms with E-state index in [1.165, 1.54) is 25.4 Å². The lowest BCUT2D eigenvalue weighted by Crippen LogP contribution is -2.33. The van der Waals surface area contributed by atoms with Gasteiger partial charge in [0.15, 0.2) is 5.65 Å². The molecule has 3 aromatic carbocycles. The number of aromatic nitrogens is 3. The van der Waals surface area contributed by atoms with Crippen LogP contribution < -0.4 is 14.5 Å². The zero-order valence-corrected chi connectivity index (χ0v) is 22.0. The van der Waals surface area contributed by atoms with E-state index in [1.807, 2.05) is 36.4 Å². The summed E-state index contributed by atoms with van der Waals surface area (Å²) < 4.78 is 36.5. The summed E-state index contributed by atoms with van der Waals surface area (Å²) in [5.41, 5.74) is 3.74. The number of nitrogens with zero attached hydrogens (tertiary/aromatic N) is 4. The van der Waals surface area contributed by atoms with Gasteiger partial charge < -0.3 is 4.74 Å². The number of rotatable bonds is 8. The number of fused-ring (bicyclic) bond motifs is 1. The van der Waals surface area contributed by atoms with Gasteiger partial charge in [-0.05, 0) is 48.9 Å². The van der Waals surface area contributed by atoms with Crippen LogP contribution in [0.3, 0.4) is 0 Å². The number of sulfonamides is 1. The first-order valence-electron chi connectivity index (χ1n) is 11.9. The number of aryl methyl sites for hydroxylation is 1. The average molecular weight is 544 g/mol. The largest absolute Gasteiger partial charge is 0.497 e. The minimum Gasteiger partial charge on any atom is -0.497 e. The molecule has 0 saturated carbocycles. The number of methoxy groups -OCH3 is 1. The molecule has 2 aromatic heterocycles. The van der Waals surface area contributed by atoms with Gasteiger partial charge in [0.1, 0.15) is 5.75 Å². The van der Waals surface area contributed by atoms with Crippen LogP contribution in [0.4, 0.5) is 5.69 Å². The fourth-order valence-corrected chi connectivity index (χ4v) is 5.86. The fourth-order valence-electron chi connectivity index (χ4n) is 4.38. The third-order valence-electron chi connectivity index (χ3n) is 6.26. The molecule has 2 N–H and O–H groups in total. The third-order valence-corrected chi connectivity index (χ3v) is 8.02. The van der Waals surface area contributed by atoms with Crippen molar-refractivity contribution in [1.82, 2.24) is 20.2 Å². The monoisotopic (exact) mass is 543 g/mol. The van der Waals surface area contributed by atoms with Crippen LogP contribution in [0.25, 0.3) is 16.7 Å². The zero-order chi connectivity index (χ0) is 27.6. The predicted molar refractivity (Wildman–Crippen MR) is 146 cm³/mol. The highest BCUT2D eigenvalue weighted by atomic mass is 32.2. The van der Waals surface area contributed by atoms with Crippen LogP contribution in [0.5, 0.6) is 5.75 Å². The Hall–Kier alpha value is -4.74. The second kappa shape index (κ2) is 10.6. The number of hydroxylamine groups is 1. The Labute approximate surface area is 225 Å². The van der Waals surface area contributed by atoms with Crippen molar-refractivity contribution in [3.05, 3.63) is 108 Å². The van der Waals surface area contributed by atoms with E-state index in [9.17, 15) is 18.4 Å². The molecule has 0 atom stereocenters. The molecule has 0 aliphatic heterocycles. The number of hydrogen-bond acceptors (Lipinski definition) is 7. The number of amides is 1. The Morgan fingerprint density at radius 1 is 1.00 bits per heavy atom. The fraction of sp³-hybridized carbons (Fsp3) is 0.107. The van der Waals surface area contributed by atoms with Gasteiger partial charge in [-0.1, -0.05) is 48.5 Å². The van der Waals surface area contributed by atoms with Crippen molar-refractivity contribution < 1.29 is 23.2 Å². The molecule has 5 rings (SSSR count). The Morgan fingerprint density at radius 3 is 2.26 bits per heavy atom. The highest BCUT2D eigenvalue weighted by molar-refractivity contribution is 7.92. The van der Waals surface area contributed by atoms with Gasteiger partial charge in [0.05, 0.1) is 46.6 Å². The molecule has 0 aliphatic carbocycles. The molecule has 0 spiro atoms. The number of para-hydroxylation sites is 1. The standard InChI is InChI=1S/C28H25N5O5S/c1-19-25-26(24(28(34)31-35)17-29-27(25)33(30-19)21-11-7-4-8-12-21)32(18-20-9-5-3-6-10-20)39(36,37)23-15-13-22(38-2)14-16-23/h3-17,35H,18H2,1-2H3,(H,31,34). The van der Waals surface area contributed by atoms with Crippen LogP contribution in [0, 0.1) is 6.92 Å². The van der Waals surface area contributed by atoms with Crippen LogP contribution >= 0.6 is 0 Å². The number of benzene rings is 3. The number of pyridine rings is 1. The first kappa shape index (κ1) is 25.9. The van der Waals surface area contributed by atoms with E-state index in [4.69, 9.17) is 4.74 Å². The maximum Gasteiger partial charge on any atom is 0.278 e. The van der Waals surface area contributed by atoms with E-state index < -0.39 is 15.9 Å². The van der Waals surface area contributed by atoms with Gasteiger partial charge in [0.25, 0.3) is 15.9 Å². The lowest BCUT2D eigenvalue weighted by molar-refractivity contribution is 0.0707. The van der Waals surface area contributed by atoms with E-state index in [0.717, 1.165) is 4.31 Å². The summed E-state index contributed by atoms with van der Waals surface area (Å²) >= 11 is 0. The smallest absolute Gasteiger partial charge is 0.278 e. The number of ether oxygens (including phenoxy) is 1. The van der Waals surface area contributed by atoms with Gasteiger partial charge in [0, 0.05) is 6.20 Å². The van der Waals surface area contributed by atoms with Crippen molar-refractivity contribution in [3.8, 4) is 11.4 Å². The molecule has 5 aromatic rings. The Balaban J connectivity index is 1.82.